The lowest BCUT2D eigenvalue weighted by atomic mass is 10.1. The van der Waals surface area contributed by atoms with E-state index in [-0.39, 0.29) is 6.04 Å². The second-order valence-corrected chi connectivity index (χ2v) is 6.87. The molecule has 6 heteroatoms. The van der Waals surface area contributed by atoms with Crippen LogP contribution in [0.25, 0.3) is 0 Å². The van der Waals surface area contributed by atoms with Crippen LogP contribution in [0.4, 0.5) is 0 Å². The molecule has 0 unspecified atom stereocenters. The van der Waals surface area contributed by atoms with Crippen molar-refractivity contribution in [2.45, 2.75) is 37.1 Å². The Morgan fingerprint density at radius 1 is 1.40 bits per heavy atom. The fraction of sp³-hybridized carbons (Fsp3) is 0.571. The molecule has 20 heavy (non-hydrogen) atoms. The van der Waals surface area contributed by atoms with E-state index in [4.69, 9.17) is 4.74 Å². The summed E-state index contributed by atoms with van der Waals surface area (Å²) in [6.07, 6.45) is 3.34. The zero-order valence-corrected chi connectivity index (χ0v) is 12.8. The standard InChI is InChI=1S/C14H22N2O3S/c1-11-9-13(19-2)6-7-14(11)20(17,18)16-10-12-5-3-4-8-15-12/h6-7,9,12,15-16H,3-5,8,10H2,1-2H3/t12-/m1/s1. The molecule has 0 radical (unpaired) electrons. The smallest absolute Gasteiger partial charge is 0.240 e. The zero-order chi connectivity index (χ0) is 14.6. The van der Waals surface area contributed by atoms with Crippen LogP contribution in [0.15, 0.2) is 23.1 Å². The second kappa shape index (κ2) is 6.56. The number of benzene rings is 1. The summed E-state index contributed by atoms with van der Waals surface area (Å²) in [7, 11) is -1.90. The van der Waals surface area contributed by atoms with Gasteiger partial charge in [0, 0.05) is 12.6 Å². The van der Waals surface area contributed by atoms with Crippen LogP contribution in [-0.2, 0) is 10.0 Å². The van der Waals surface area contributed by atoms with Gasteiger partial charge in [0.15, 0.2) is 0 Å². The molecule has 1 aliphatic rings. The van der Waals surface area contributed by atoms with E-state index in [2.05, 4.69) is 10.0 Å². The van der Waals surface area contributed by atoms with Crippen LogP contribution < -0.4 is 14.8 Å². The highest BCUT2D eigenvalue weighted by Gasteiger charge is 2.20. The molecule has 0 aliphatic carbocycles. The minimum Gasteiger partial charge on any atom is -0.497 e. The van der Waals surface area contributed by atoms with E-state index in [1.165, 1.54) is 6.42 Å². The van der Waals surface area contributed by atoms with Crippen LogP contribution in [-0.4, -0.2) is 34.7 Å². The summed E-state index contributed by atoms with van der Waals surface area (Å²) in [5.74, 6) is 0.662. The fourth-order valence-electron chi connectivity index (χ4n) is 2.44. The Morgan fingerprint density at radius 2 is 2.20 bits per heavy atom. The third-order valence-corrected chi connectivity index (χ3v) is 5.19. The molecular formula is C14H22N2O3S. The number of piperidine rings is 1. The van der Waals surface area contributed by atoms with E-state index < -0.39 is 10.0 Å². The summed E-state index contributed by atoms with van der Waals surface area (Å²) in [6.45, 7) is 3.18. The SMILES string of the molecule is COc1ccc(S(=O)(=O)NC[C@H]2CCCCN2)c(C)c1. The first kappa shape index (κ1) is 15.3. The summed E-state index contributed by atoms with van der Waals surface area (Å²) < 4.78 is 32.4. The number of hydrogen-bond donors (Lipinski definition) is 2. The Morgan fingerprint density at radius 3 is 2.80 bits per heavy atom. The molecular weight excluding hydrogens is 276 g/mol. The maximum Gasteiger partial charge on any atom is 0.240 e. The molecule has 112 valence electrons. The topological polar surface area (TPSA) is 67.4 Å². The van der Waals surface area contributed by atoms with E-state index in [0.29, 0.717) is 22.8 Å². The minimum atomic E-state index is -3.46. The van der Waals surface area contributed by atoms with Crippen molar-refractivity contribution in [3.05, 3.63) is 23.8 Å². The highest BCUT2D eigenvalue weighted by Crippen LogP contribution is 2.20. The number of methoxy groups -OCH3 is 1. The Labute approximate surface area is 120 Å². The monoisotopic (exact) mass is 298 g/mol. The van der Waals surface area contributed by atoms with E-state index in [9.17, 15) is 8.42 Å². The molecule has 5 nitrogen and oxygen atoms in total. The molecule has 1 aromatic rings. The molecule has 2 rings (SSSR count). The Hall–Kier alpha value is -1.11. The summed E-state index contributed by atoms with van der Waals surface area (Å²) in [4.78, 5) is 0.314. The quantitative estimate of drug-likeness (QED) is 0.863. The predicted molar refractivity (Wildman–Crippen MR) is 78.6 cm³/mol. The van der Waals surface area contributed by atoms with Crippen molar-refractivity contribution in [2.24, 2.45) is 0 Å². The lowest BCUT2D eigenvalue weighted by molar-refractivity contribution is 0.398. The fourth-order valence-corrected chi connectivity index (χ4v) is 3.74. The van der Waals surface area contributed by atoms with Gasteiger partial charge in [-0.2, -0.15) is 0 Å². The molecule has 0 bridgehead atoms. The minimum absolute atomic E-state index is 0.233. The van der Waals surface area contributed by atoms with Crippen molar-refractivity contribution in [3.8, 4) is 5.75 Å². The maximum atomic E-state index is 12.3. The molecule has 1 aliphatic heterocycles. The van der Waals surface area contributed by atoms with Gasteiger partial charge in [-0.1, -0.05) is 6.42 Å². The van der Waals surface area contributed by atoms with Crippen molar-refractivity contribution in [2.75, 3.05) is 20.2 Å². The zero-order valence-electron chi connectivity index (χ0n) is 12.0. The van der Waals surface area contributed by atoms with Gasteiger partial charge in [-0.05, 0) is 50.1 Å². The van der Waals surface area contributed by atoms with Crippen LogP contribution in [0.5, 0.6) is 5.75 Å². The van der Waals surface area contributed by atoms with Crippen molar-refractivity contribution < 1.29 is 13.2 Å². The third kappa shape index (κ3) is 3.71. The highest BCUT2D eigenvalue weighted by atomic mass is 32.2. The predicted octanol–water partition coefficient (Wildman–Crippen LogP) is 1.42. The number of sulfonamides is 1. The number of ether oxygens (including phenoxy) is 1. The Kier molecular flexibility index (Phi) is 5.01. The summed E-state index contributed by atoms with van der Waals surface area (Å²) >= 11 is 0. The maximum absolute atomic E-state index is 12.3. The third-order valence-electron chi connectivity index (χ3n) is 3.60. The van der Waals surface area contributed by atoms with Crippen LogP contribution >= 0.6 is 0 Å². The van der Waals surface area contributed by atoms with Gasteiger partial charge in [0.2, 0.25) is 10.0 Å². The van der Waals surface area contributed by atoms with Crippen molar-refractivity contribution in [3.63, 3.8) is 0 Å². The summed E-state index contributed by atoms with van der Waals surface area (Å²) in [6, 6.07) is 5.22. The van der Waals surface area contributed by atoms with E-state index in [1.807, 2.05) is 0 Å². The largest absolute Gasteiger partial charge is 0.497 e. The van der Waals surface area contributed by atoms with Gasteiger partial charge in [0.05, 0.1) is 12.0 Å². The van der Waals surface area contributed by atoms with Gasteiger partial charge >= 0.3 is 0 Å². The molecule has 1 aromatic carbocycles. The van der Waals surface area contributed by atoms with Crippen LogP contribution in [0.3, 0.4) is 0 Å². The molecule has 2 N–H and O–H groups in total. The van der Waals surface area contributed by atoms with Gasteiger partial charge in [0.25, 0.3) is 0 Å². The average Bonchev–Trinajstić information content (AvgIpc) is 2.46. The van der Waals surface area contributed by atoms with Gasteiger partial charge < -0.3 is 10.1 Å². The van der Waals surface area contributed by atoms with Crippen LogP contribution in [0.2, 0.25) is 0 Å². The van der Waals surface area contributed by atoms with E-state index >= 15 is 0 Å². The molecule has 0 aromatic heterocycles. The molecule has 1 fully saturated rings. The molecule has 0 saturated carbocycles. The molecule has 1 heterocycles. The van der Waals surface area contributed by atoms with Crippen LogP contribution in [0.1, 0.15) is 24.8 Å². The van der Waals surface area contributed by atoms with Gasteiger partial charge in [-0.3, -0.25) is 0 Å². The van der Waals surface area contributed by atoms with Crippen molar-refractivity contribution >= 4 is 10.0 Å². The van der Waals surface area contributed by atoms with Crippen molar-refractivity contribution in [1.29, 1.82) is 0 Å². The lowest BCUT2D eigenvalue weighted by Gasteiger charge is -2.23. The first-order valence-electron chi connectivity index (χ1n) is 6.90. The lowest BCUT2D eigenvalue weighted by Crippen LogP contribution is -2.43. The second-order valence-electron chi connectivity index (χ2n) is 5.13. The van der Waals surface area contributed by atoms with Gasteiger partial charge in [-0.15, -0.1) is 0 Å². The first-order valence-corrected chi connectivity index (χ1v) is 8.39. The number of hydrogen-bond acceptors (Lipinski definition) is 4. The molecule has 1 atom stereocenters. The molecule has 0 amide bonds. The normalized spacial score (nSPS) is 19.8. The Balaban J connectivity index is 2.05. The Bertz CT molecular complexity index is 552. The van der Waals surface area contributed by atoms with Crippen LogP contribution in [0, 0.1) is 6.92 Å². The number of nitrogens with one attached hydrogen (secondary N) is 2. The summed E-state index contributed by atoms with van der Waals surface area (Å²) in [5.41, 5.74) is 0.688. The average molecular weight is 298 g/mol. The van der Waals surface area contributed by atoms with E-state index in [1.54, 1.807) is 32.2 Å². The van der Waals surface area contributed by atoms with E-state index in [0.717, 1.165) is 19.4 Å². The van der Waals surface area contributed by atoms with Gasteiger partial charge in [-0.25, -0.2) is 13.1 Å². The number of rotatable bonds is 5. The summed E-state index contributed by atoms with van der Waals surface area (Å²) in [5, 5.41) is 3.33. The first-order chi connectivity index (χ1) is 9.53. The number of aryl methyl sites for hydroxylation is 1. The molecule has 0 spiro atoms. The van der Waals surface area contributed by atoms with Crippen molar-refractivity contribution in [1.82, 2.24) is 10.0 Å². The highest BCUT2D eigenvalue weighted by molar-refractivity contribution is 7.89. The van der Waals surface area contributed by atoms with Gasteiger partial charge in [0.1, 0.15) is 5.75 Å². The molecule has 1 saturated heterocycles.